The lowest BCUT2D eigenvalue weighted by atomic mass is 9.83. The van der Waals surface area contributed by atoms with Gasteiger partial charge in [-0.1, -0.05) is 6.92 Å². The first kappa shape index (κ1) is 13.8. The molecule has 2 heterocycles. The number of methoxy groups -OCH3 is 1. The van der Waals surface area contributed by atoms with Gasteiger partial charge < -0.3 is 15.4 Å². The van der Waals surface area contributed by atoms with Crippen LogP contribution in [0.15, 0.2) is 18.3 Å². The van der Waals surface area contributed by atoms with Crippen LogP contribution in [0, 0.1) is 5.41 Å². The normalized spacial score (nSPS) is 22.8. The molecular weight excluding hydrogens is 242 g/mol. The number of hydrogen-bond acceptors (Lipinski definition) is 5. The van der Waals surface area contributed by atoms with Crippen molar-refractivity contribution >= 4 is 11.8 Å². The lowest BCUT2D eigenvalue weighted by Gasteiger charge is -2.34. The zero-order valence-corrected chi connectivity index (χ0v) is 11.5. The van der Waals surface area contributed by atoms with Gasteiger partial charge in [0.2, 0.25) is 0 Å². The highest BCUT2D eigenvalue weighted by atomic mass is 16.5. The minimum Gasteiger partial charge on any atom is -0.465 e. The van der Waals surface area contributed by atoms with Crippen LogP contribution in [0.5, 0.6) is 0 Å². The van der Waals surface area contributed by atoms with Crippen molar-refractivity contribution in [2.75, 3.05) is 32.1 Å². The molecule has 1 unspecified atom stereocenters. The van der Waals surface area contributed by atoms with E-state index in [1.54, 1.807) is 18.3 Å². The Morgan fingerprint density at radius 1 is 1.63 bits per heavy atom. The second-order valence-corrected chi connectivity index (χ2v) is 5.34. The van der Waals surface area contributed by atoms with Crippen molar-refractivity contribution in [2.24, 2.45) is 5.41 Å². The molecule has 19 heavy (non-hydrogen) atoms. The minimum absolute atomic E-state index is 0.198. The Morgan fingerprint density at radius 3 is 3.16 bits per heavy atom. The van der Waals surface area contributed by atoms with Gasteiger partial charge in [-0.05, 0) is 36.9 Å². The van der Waals surface area contributed by atoms with Crippen LogP contribution in [0.2, 0.25) is 0 Å². The van der Waals surface area contributed by atoms with E-state index in [2.05, 4.69) is 22.5 Å². The monoisotopic (exact) mass is 263 g/mol. The Labute approximate surface area is 113 Å². The number of aromatic nitrogens is 1. The van der Waals surface area contributed by atoms with E-state index in [4.69, 9.17) is 4.74 Å². The third-order valence-electron chi connectivity index (χ3n) is 3.58. The molecule has 104 valence electrons. The van der Waals surface area contributed by atoms with Gasteiger partial charge >= 0.3 is 5.97 Å². The van der Waals surface area contributed by atoms with E-state index in [0.29, 0.717) is 11.4 Å². The summed E-state index contributed by atoms with van der Waals surface area (Å²) in [4.78, 5) is 15.9. The van der Waals surface area contributed by atoms with Crippen molar-refractivity contribution < 1.29 is 9.53 Å². The molecule has 5 nitrogen and oxygen atoms in total. The van der Waals surface area contributed by atoms with E-state index in [1.807, 2.05) is 0 Å². The van der Waals surface area contributed by atoms with Crippen molar-refractivity contribution in [3.63, 3.8) is 0 Å². The predicted molar refractivity (Wildman–Crippen MR) is 74.3 cm³/mol. The van der Waals surface area contributed by atoms with Crippen molar-refractivity contribution in [3.05, 3.63) is 23.9 Å². The standard InChI is InChI=1S/C14H21N3O2/c1-14(6-4-7-15-9-14)10-17-12-11(13(18)19-2)5-3-8-16-12/h3,5,8,15H,4,6-7,9-10H2,1-2H3,(H,16,17). The van der Waals surface area contributed by atoms with Crippen molar-refractivity contribution in [3.8, 4) is 0 Å². The van der Waals surface area contributed by atoms with Crippen LogP contribution in [-0.4, -0.2) is 37.7 Å². The number of rotatable bonds is 4. The molecule has 2 N–H and O–H groups in total. The molecule has 0 aliphatic carbocycles. The molecule has 0 radical (unpaired) electrons. The number of ether oxygens (including phenoxy) is 1. The lowest BCUT2D eigenvalue weighted by molar-refractivity contribution is 0.0601. The molecule has 0 amide bonds. The molecule has 1 fully saturated rings. The number of nitrogens with one attached hydrogen (secondary N) is 2. The van der Waals surface area contributed by atoms with Crippen LogP contribution in [-0.2, 0) is 4.74 Å². The number of anilines is 1. The first-order valence-corrected chi connectivity index (χ1v) is 6.62. The molecule has 5 heteroatoms. The van der Waals surface area contributed by atoms with Crippen molar-refractivity contribution in [1.29, 1.82) is 0 Å². The maximum Gasteiger partial charge on any atom is 0.341 e. The number of esters is 1. The average Bonchev–Trinajstić information content (AvgIpc) is 2.45. The van der Waals surface area contributed by atoms with E-state index >= 15 is 0 Å². The maximum absolute atomic E-state index is 11.7. The first-order chi connectivity index (χ1) is 9.14. The minimum atomic E-state index is -0.359. The Hall–Kier alpha value is -1.62. The highest BCUT2D eigenvalue weighted by Crippen LogP contribution is 2.26. The van der Waals surface area contributed by atoms with Crippen LogP contribution < -0.4 is 10.6 Å². The van der Waals surface area contributed by atoms with E-state index in [9.17, 15) is 4.79 Å². The van der Waals surface area contributed by atoms with Crippen LogP contribution in [0.3, 0.4) is 0 Å². The topological polar surface area (TPSA) is 63.2 Å². The molecule has 1 atom stereocenters. The number of carbonyl (C=O) groups is 1. The van der Waals surface area contributed by atoms with Gasteiger partial charge in [0.05, 0.1) is 7.11 Å². The van der Waals surface area contributed by atoms with E-state index in [0.717, 1.165) is 19.6 Å². The summed E-state index contributed by atoms with van der Waals surface area (Å²) in [6.07, 6.45) is 4.04. The number of nitrogens with zero attached hydrogens (tertiary/aromatic N) is 1. The summed E-state index contributed by atoms with van der Waals surface area (Å²) in [5.41, 5.74) is 0.681. The van der Waals surface area contributed by atoms with Gasteiger partial charge in [-0.15, -0.1) is 0 Å². The fraction of sp³-hybridized carbons (Fsp3) is 0.571. The summed E-state index contributed by atoms with van der Waals surface area (Å²) in [7, 11) is 1.38. The Balaban J connectivity index is 2.04. The molecule has 0 spiro atoms. The average molecular weight is 263 g/mol. The van der Waals surface area contributed by atoms with Crippen LogP contribution in [0.4, 0.5) is 5.82 Å². The van der Waals surface area contributed by atoms with Crippen molar-refractivity contribution in [2.45, 2.75) is 19.8 Å². The van der Waals surface area contributed by atoms with Crippen LogP contribution >= 0.6 is 0 Å². The Bertz CT molecular complexity index is 442. The maximum atomic E-state index is 11.7. The summed E-state index contributed by atoms with van der Waals surface area (Å²) in [5.74, 6) is 0.240. The molecule has 1 aliphatic rings. The number of pyridine rings is 1. The fourth-order valence-corrected chi connectivity index (χ4v) is 2.39. The SMILES string of the molecule is COC(=O)c1cccnc1NCC1(C)CCCNC1. The zero-order valence-electron chi connectivity index (χ0n) is 11.5. The summed E-state index contributed by atoms with van der Waals surface area (Å²) < 4.78 is 4.76. The van der Waals surface area contributed by atoms with E-state index in [-0.39, 0.29) is 11.4 Å². The molecule has 1 aromatic rings. The van der Waals surface area contributed by atoms with Gasteiger partial charge in [0.15, 0.2) is 0 Å². The number of piperidine rings is 1. The van der Waals surface area contributed by atoms with Gasteiger partial charge in [0.25, 0.3) is 0 Å². The highest BCUT2D eigenvalue weighted by Gasteiger charge is 2.27. The second-order valence-electron chi connectivity index (χ2n) is 5.34. The Morgan fingerprint density at radius 2 is 2.47 bits per heavy atom. The summed E-state index contributed by atoms with van der Waals surface area (Å²) in [6.45, 7) is 5.11. The summed E-state index contributed by atoms with van der Waals surface area (Å²) >= 11 is 0. The third-order valence-corrected chi connectivity index (χ3v) is 3.58. The molecule has 1 aromatic heterocycles. The van der Waals surface area contributed by atoms with Gasteiger partial charge in [-0.3, -0.25) is 0 Å². The number of carbonyl (C=O) groups excluding carboxylic acids is 1. The molecule has 0 bridgehead atoms. The van der Waals surface area contributed by atoms with Gasteiger partial charge in [-0.2, -0.15) is 0 Å². The molecule has 1 aliphatic heterocycles. The molecule has 0 aromatic carbocycles. The quantitative estimate of drug-likeness (QED) is 0.809. The fourth-order valence-electron chi connectivity index (χ4n) is 2.39. The largest absolute Gasteiger partial charge is 0.465 e. The zero-order chi connectivity index (χ0) is 13.7. The van der Waals surface area contributed by atoms with Gasteiger partial charge in [0, 0.05) is 19.3 Å². The van der Waals surface area contributed by atoms with E-state index < -0.39 is 0 Å². The lowest BCUT2D eigenvalue weighted by Crippen LogP contribution is -2.42. The smallest absolute Gasteiger partial charge is 0.341 e. The molecule has 1 saturated heterocycles. The predicted octanol–water partition coefficient (Wildman–Crippen LogP) is 1.67. The summed E-state index contributed by atoms with van der Waals surface area (Å²) in [5, 5.41) is 6.69. The highest BCUT2D eigenvalue weighted by molar-refractivity contribution is 5.94. The molecule has 0 saturated carbocycles. The van der Waals surface area contributed by atoms with Crippen LogP contribution in [0.1, 0.15) is 30.1 Å². The van der Waals surface area contributed by atoms with E-state index in [1.165, 1.54) is 20.0 Å². The van der Waals surface area contributed by atoms with Gasteiger partial charge in [0.1, 0.15) is 11.4 Å². The Kier molecular flexibility index (Phi) is 4.37. The van der Waals surface area contributed by atoms with Crippen molar-refractivity contribution in [1.82, 2.24) is 10.3 Å². The summed E-state index contributed by atoms with van der Waals surface area (Å²) in [6, 6.07) is 3.46. The third kappa shape index (κ3) is 3.44. The van der Waals surface area contributed by atoms with Crippen LogP contribution in [0.25, 0.3) is 0 Å². The first-order valence-electron chi connectivity index (χ1n) is 6.62. The van der Waals surface area contributed by atoms with Gasteiger partial charge in [-0.25, -0.2) is 9.78 Å². The molecular formula is C14H21N3O2. The molecule has 2 rings (SSSR count). The second kappa shape index (κ2) is 6.02. The number of hydrogen-bond donors (Lipinski definition) is 2.